The molecule has 0 aliphatic rings. The highest BCUT2D eigenvalue weighted by Crippen LogP contribution is 2.17. The number of hydrogen-bond acceptors (Lipinski definition) is 5. The van der Waals surface area contributed by atoms with E-state index in [-0.39, 0.29) is 6.61 Å². The average molecular weight is 238 g/mol. The minimum atomic E-state index is 0.249. The Bertz CT molecular complexity index is 368. The van der Waals surface area contributed by atoms with E-state index in [0.717, 1.165) is 30.8 Å². The molecule has 0 saturated heterocycles. The van der Waals surface area contributed by atoms with Crippen LogP contribution in [0, 0.1) is 19.8 Å². The van der Waals surface area contributed by atoms with Crippen LogP contribution in [0.25, 0.3) is 0 Å². The summed E-state index contributed by atoms with van der Waals surface area (Å²) in [5.41, 5.74) is 6.67. The highest BCUT2D eigenvalue weighted by molar-refractivity contribution is 5.54. The number of rotatable bonds is 6. The third kappa shape index (κ3) is 4.19. The number of aryl methyl sites for hydroxylation is 1. The van der Waals surface area contributed by atoms with Gasteiger partial charge in [0.2, 0.25) is 0 Å². The van der Waals surface area contributed by atoms with Crippen molar-refractivity contribution in [3.05, 3.63) is 11.4 Å². The molecule has 1 unspecified atom stereocenters. The SMILES string of the molecule is Cc1nc(N)c(C)c(NCCCC(C)CO)n1. The number of aliphatic hydroxyl groups excluding tert-OH is 1. The first-order valence-corrected chi connectivity index (χ1v) is 6.00. The van der Waals surface area contributed by atoms with Crippen LogP contribution in [0.4, 0.5) is 11.6 Å². The molecule has 0 aliphatic carbocycles. The standard InChI is InChI=1S/C12H22N4O/c1-8(7-17)5-4-6-14-12-9(2)11(13)15-10(3)16-12/h8,17H,4-7H2,1-3H3,(H3,13,14,15,16). The lowest BCUT2D eigenvalue weighted by molar-refractivity contribution is 0.229. The predicted molar refractivity (Wildman–Crippen MR) is 69.9 cm³/mol. The van der Waals surface area contributed by atoms with Gasteiger partial charge in [0.15, 0.2) is 0 Å². The second-order valence-corrected chi connectivity index (χ2v) is 4.49. The summed E-state index contributed by atoms with van der Waals surface area (Å²) in [6, 6.07) is 0. The van der Waals surface area contributed by atoms with Gasteiger partial charge < -0.3 is 16.2 Å². The Hall–Kier alpha value is -1.36. The molecule has 96 valence electrons. The van der Waals surface area contributed by atoms with E-state index in [9.17, 15) is 0 Å². The second-order valence-electron chi connectivity index (χ2n) is 4.49. The molecule has 1 aromatic rings. The topological polar surface area (TPSA) is 84.1 Å². The van der Waals surface area contributed by atoms with E-state index in [0.29, 0.717) is 17.6 Å². The van der Waals surface area contributed by atoms with Crippen LogP contribution in [0.1, 0.15) is 31.2 Å². The molecule has 17 heavy (non-hydrogen) atoms. The zero-order chi connectivity index (χ0) is 12.8. The first-order valence-electron chi connectivity index (χ1n) is 6.00. The van der Waals surface area contributed by atoms with Gasteiger partial charge in [0, 0.05) is 18.7 Å². The zero-order valence-electron chi connectivity index (χ0n) is 10.8. The molecule has 1 rings (SSSR count). The molecule has 1 heterocycles. The van der Waals surface area contributed by atoms with Gasteiger partial charge in [-0.2, -0.15) is 0 Å². The Morgan fingerprint density at radius 3 is 2.71 bits per heavy atom. The van der Waals surface area contributed by atoms with E-state index in [1.807, 2.05) is 20.8 Å². The van der Waals surface area contributed by atoms with E-state index in [1.54, 1.807) is 0 Å². The lowest BCUT2D eigenvalue weighted by atomic mass is 10.1. The van der Waals surface area contributed by atoms with E-state index < -0.39 is 0 Å². The minimum Gasteiger partial charge on any atom is -0.396 e. The highest BCUT2D eigenvalue weighted by atomic mass is 16.3. The molecule has 4 N–H and O–H groups in total. The molecule has 5 heteroatoms. The number of hydrogen-bond donors (Lipinski definition) is 3. The molecular weight excluding hydrogens is 216 g/mol. The maximum Gasteiger partial charge on any atom is 0.134 e. The Kier molecular flexibility index (Phi) is 5.15. The quantitative estimate of drug-likeness (QED) is 0.654. The summed E-state index contributed by atoms with van der Waals surface area (Å²) in [6.45, 7) is 6.86. The first kappa shape index (κ1) is 13.7. The third-order valence-electron chi connectivity index (χ3n) is 2.77. The molecule has 5 nitrogen and oxygen atoms in total. The van der Waals surface area contributed by atoms with Crippen molar-refractivity contribution in [1.82, 2.24) is 9.97 Å². The molecule has 0 bridgehead atoms. The van der Waals surface area contributed by atoms with Crippen molar-refractivity contribution in [2.75, 3.05) is 24.2 Å². The Morgan fingerprint density at radius 2 is 2.06 bits per heavy atom. The van der Waals surface area contributed by atoms with Gasteiger partial charge in [-0.25, -0.2) is 9.97 Å². The van der Waals surface area contributed by atoms with Crippen molar-refractivity contribution in [2.24, 2.45) is 5.92 Å². The lowest BCUT2D eigenvalue weighted by Gasteiger charge is -2.12. The minimum absolute atomic E-state index is 0.249. The van der Waals surface area contributed by atoms with Crippen molar-refractivity contribution >= 4 is 11.6 Å². The van der Waals surface area contributed by atoms with Gasteiger partial charge in [0.1, 0.15) is 17.5 Å². The lowest BCUT2D eigenvalue weighted by Crippen LogP contribution is -2.10. The van der Waals surface area contributed by atoms with Crippen molar-refractivity contribution in [2.45, 2.75) is 33.6 Å². The van der Waals surface area contributed by atoms with Crippen LogP contribution in [-0.4, -0.2) is 28.2 Å². The van der Waals surface area contributed by atoms with Crippen LogP contribution in [-0.2, 0) is 0 Å². The van der Waals surface area contributed by atoms with Crippen LogP contribution in [0.15, 0.2) is 0 Å². The molecule has 0 fully saturated rings. The zero-order valence-corrected chi connectivity index (χ0v) is 10.8. The second kappa shape index (κ2) is 6.39. The monoisotopic (exact) mass is 238 g/mol. The van der Waals surface area contributed by atoms with Crippen molar-refractivity contribution in [1.29, 1.82) is 0 Å². The molecule has 0 amide bonds. The van der Waals surface area contributed by atoms with Gasteiger partial charge in [0.25, 0.3) is 0 Å². The molecule has 0 aromatic carbocycles. The highest BCUT2D eigenvalue weighted by Gasteiger charge is 2.06. The molecule has 0 saturated carbocycles. The fourth-order valence-electron chi connectivity index (χ4n) is 1.57. The van der Waals surface area contributed by atoms with Crippen LogP contribution < -0.4 is 11.1 Å². The average Bonchev–Trinajstić information content (AvgIpc) is 2.30. The number of aliphatic hydroxyl groups is 1. The van der Waals surface area contributed by atoms with Crippen molar-refractivity contribution < 1.29 is 5.11 Å². The summed E-state index contributed by atoms with van der Waals surface area (Å²) < 4.78 is 0. The fourth-order valence-corrected chi connectivity index (χ4v) is 1.57. The number of nitrogens with one attached hydrogen (secondary N) is 1. The van der Waals surface area contributed by atoms with E-state index >= 15 is 0 Å². The van der Waals surface area contributed by atoms with Crippen LogP contribution in [0.5, 0.6) is 0 Å². The molecule has 1 atom stereocenters. The first-order chi connectivity index (χ1) is 8.04. The summed E-state index contributed by atoms with van der Waals surface area (Å²) in [6.07, 6.45) is 2.01. The van der Waals surface area contributed by atoms with Gasteiger partial charge in [-0.3, -0.25) is 0 Å². The Morgan fingerprint density at radius 1 is 1.35 bits per heavy atom. The van der Waals surface area contributed by atoms with Gasteiger partial charge in [0.05, 0.1) is 0 Å². The van der Waals surface area contributed by atoms with Gasteiger partial charge in [-0.15, -0.1) is 0 Å². The smallest absolute Gasteiger partial charge is 0.134 e. The van der Waals surface area contributed by atoms with Crippen LogP contribution >= 0.6 is 0 Å². The largest absolute Gasteiger partial charge is 0.396 e. The number of nitrogen functional groups attached to an aromatic ring is 1. The normalized spacial score (nSPS) is 12.5. The predicted octanol–water partition coefficient (Wildman–Crippen LogP) is 1.50. The van der Waals surface area contributed by atoms with E-state index in [4.69, 9.17) is 10.8 Å². The van der Waals surface area contributed by atoms with Crippen molar-refractivity contribution in [3.63, 3.8) is 0 Å². The van der Waals surface area contributed by atoms with Crippen LogP contribution in [0.2, 0.25) is 0 Å². The van der Waals surface area contributed by atoms with Gasteiger partial charge in [-0.05, 0) is 32.6 Å². The molecule has 0 aliphatic heterocycles. The summed E-state index contributed by atoms with van der Waals surface area (Å²) in [4.78, 5) is 8.42. The number of nitrogens with two attached hydrogens (primary N) is 1. The Balaban J connectivity index is 2.47. The van der Waals surface area contributed by atoms with Gasteiger partial charge >= 0.3 is 0 Å². The summed E-state index contributed by atoms with van der Waals surface area (Å²) in [5, 5.41) is 12.2. The van der Waals surface area contributed by atoms with Crippen molar-refractivity contribution in [3.8, 4) is 0 Å². The number of nitrogens with zero attached hydrogens (tertiary/aromatic N) is 2. The third-order valence-corrected chi connectivity index (χ3v) is 2.77. The number of anilines is 2. The molecule has 0 spiro atoms. The summed E-state index contributed by atoms with van der Waals surface area (Å²) in [5.74, 6) is 2.38. The summed E-state index contributed by atoms with van der Waals surface area (Å²) >= 11 is 0. The molecular formula is C12H22N4O. The maximum atomic E-state index is 8.91. The van der Waals surface area contributed by atoms with Gasteiger partial charge in [-0.1, -0.05) is 6.92 Å². The van der Waals surface area contributed by atoms with E-state index in [1.165, 1.54) is 0 Å². The fraction of sp³-hybridized carbons (Fsp3) is 0.667. The molecule has 1 aromatic heterocycles. The Labute approximate surface area is 102 Å². The molecule has 0 radical (unpaired) electrons. The number of aromatic nitrogens is 2. The maximum absolute atomic E-state index is 8.91. The van der Waals surface area contributed by atoms with E-state index in [2.05, 4.69) is 15.3 Å². The summed E-state index contributed by atoms with van der Waals surface area (Å²) in [7, 11) is 0. The van der Waals surface area contributed by atoms with Crippen LogP contribution in [0.3, 0.4) is 0 Å².